The molecule has 1 amide bonds. The molecule has 0 bridgehead atoms. The Morgan fingerprint density at radius 3 is 2.67 bits per heavy atom. The maximum absolute atomic E-state index is 11.3. The molecule has 1 aromatic carbocycles. The predicted octanol–water partition coefficient (Wildman–Crippen LogP) is 1.70. The molecular formula is C14H16N4O3. The lowest BCUT2D eigenvalue weighted by Gasteiger charge is -2.30. The number of hydrogen-bond acceptors (Lipinski definition) is 5. The van der Waals surface area contributed by atoms with Gasteiger partial charge in [0.05, 0.1) is 11.5 Å². The largest absolute Gasteiger partial charge is 0.368 e. The molecule has 1 aliphatic rings. The molecular weight excluding hydrogens is 272 g/mol. The molecule has 0 aromatic heterocycles. The molecule has 2 rings (SSSR count). The molecule has 0 heterocycles. The summed E-state index contributed by atoms with van der Waals surface area (Å²) in [5, 5.41) is 19.9. The highest BCUT2D eigenvalue weighted by atomic mass is 16.6. The van der Waals surface area contributed by atoms with Crippen molar-refractivity contribution in [3.8, 4) is 6.07 Å². The van der Waals surface area contributed by atoms with Gasteiger partial charge in [-0.1, -0.05) is 12.8 Å². The minimum atomic E-state index is -0.587. The fourth-order valence-electron chi connectivity index (χ4n) is 2.77. The van der Waals surface area contributed by atoms with Crippen LogP contribution >= 0.6 is 0 Å². The molecule has 7 nitrogen and oxygen atoms in total. The summed E-state index contributed by atoms with van der Waals surface area (Å²) in [4.78, 5) is 23.4. The molecule has 1 aliphatic carbocycles. The van der Waals surface area contributed by atoms with Crippen molar-refractivity contribution in [3.63, 3.8) is 0 Å². The van der Waals surface area contributed by atoms with E-state index in [2.05, 4.69) is 0 Å². The number of nitro benzene ring substituents is 1. The van der Waals surface area contributed by atoms with E-state index in [1.807, 2.05) is 11.0 Å². The van der Waals surface area contributed by atoms with Crippen molar-refractivity contribution in [2.45, 2.75) is 31.7 Å². The Bertz CT molecular complexity index is 603. The number of carbonyl (C=O) groups is 1. The van der Waals surface area contributed by atoms with Gasteiger partial charge < -0.3 is 10.6 Å². The smallest absolute Gasteiger partial charge is 0.287 e. The molecule has 0 unspecified atom stereocenters. The van der Waals surface area contributed by atoms with E-state index in [-0.39, 0.29) is 23.8 Å². The van der Waals surface area contributed by atoms with Crippen molar-refractivity contribution in [1.82, 2.24) is 0 Å². The van der Waals surface area contributed by atoms with E-state index >= 15 is 0 Å². The summed E-state index contributed by atoms with van der Waals surface area (Å²) >= 11 is 0. The lowest BCUT2D eigenvalue weighted by Crippen LogP contribution is -2.40. The first-order valence-electron chi connectivity index (χ1n) is 6.76. The zero-order valence-electron chi connectivity index (χ0n) is 11.5. The number of amides is 1. The number of nitrogens with two attached hydrogens (primary N) is 1. The molecule has 0 spiro atoms. The second-order valence-electron chi connectivity index (χ2n) is 5.10. The first-order valence-corrected chi connectivity index (χ1v) is 6.76. The van der Waals surface area contributed by atoms with Crippen LogP contribution < -0.4 is 10.6 Å². The van der Waals surface area contributed by atoms with Gasteiger partial charge in [0.2, 0.25) is 5.91 Å². The molecule has 1 aromatic rings. The van der Waals surface area contributed by atoms with Crippen LogP contribution in [0, 0.1) is 21.4 Å². The zero-order chi connectivity index (χ0) is 15.4. The van der Waals surface area contributed by atoms with Gasteiger partial charge in [-0.25, -0.2) is 0 Å². The van der Waals surface area contributed by atoms with Crippen molar-refractivity contribution in [2.75, 3.05) is 11.4 Å². The molecule has 0 saturated heterocycles. The number of rotatable bonds is 5. The molecule has 7 heteroatoms. The highest BCUT2D eigenvalue weighted by Gasteiger charge is 2.25. The van der Waals surface area contributed by atoms with Crippen LogP contribution in [0.3, 0.4) is 0 Å². The molecule has 110 valence electrons. The lowest BCUT2D eigenvalue weighted by atomic mass is 10.1. The topological polar surface area (TPSA) is 113 Å². The van der Waals surface area contributed by atoms with Gasteiger partial charge in [0.25, 0.3) is 5.69 Å². The van der Waals surface area contributed by atoms with Gasteiger partial charge in [0.1, 0.15) is 11.6 Å². The second kappa shape index (κ2) is 6.22. The van der Waals surface area contributed by atoms with Gasteiger partial charge in [-0.2, -0.15) is 5.26 Å². The molecule has 0 aliphatic heterocycles. The summed E-state index contributed by atoms with van der Waals surface area (Å²) in [6, 6.07) is 6.35. The fourth-order valence-corrected chi connectivity index (χ4v) is 2.77. The Hall–Kier alpha value is -2.62. The lowest BCUT2D eigenvalue weighted by molar-refractivity contribution is -0.385. The minimum Gasteiger partial charge on any atom is -0.368 e. The van der Waals surface area contributed by atoms with Gasteiger partial charge in [0.15, 0.2) is 0 Å². The van der Waals surface area contributed by atoms with Gasteiger partial charge >= 0.3 is 0 Å². The fraction of sp³-hybridized carbons (Fsp3) is 0.429. The maximum Gasteiger partial charge on any atom is 0.287 e. The molecule has 0 radical (unpaired) electrons. The standard InChI is InChI=1S/C14H16N4O3/c15-8-10-7-12(5-6-13(10)18(20)21)17(9-14(16)19)11-3-1-2-4-11/h5-7,11H,1-4,9H2,(H2,16,19). The Balaban J connectivity index is 2.37. The number of nitrogens with zero attached hydrogens (tertiary/aromatic N) is 3. The van der Waals surface area contributed by atoms with Crippen LogP contribution in [0.1, 0.15) is 31.2 Å². The van der Waals surface area contributed by atoms with Gasteiger partial charge in [-0.05, 0) is 25.0 Å². The van der Waals surface area contributed by atoms with Crippen molar-refractivity contribution in [1.29, 1.82) is 5.26 Å². The van der Waals surface area contributed by atoms with Crippen molar-refractivity contribution in [3.05, 3.63) is 33.9 Å². The first-order chi connectivity index (χ1) is 10.0. The molecule has 2 N–H and O–H groups in total. The van der Waals surface area contributed by atoms with Crippen LogP contribution in [0.25, 0.3) is 0 Å². The summed E-state index contributed by atoms with van der Waals surface area (Å²) in [5.41, 5.74) is 5.68. The van der Waals surface area contributed by atoms with E-state index < -0.39 is 10.8 Å². The predicted molar refractivity (Wildman–Crippen MR) is 76.6 cm³/mol. The second-order valence-corrected chi connectivity index (χ2v) is 5.10. The van der Waals surface area contributed by atoms with E-state index in [1.54, 1.807) is 6.07 Å². The van der Waals surface area contributed by atoms with E-state index in [4.69, 9.17) is 11.0 Å². The number of anilines is 1. The average Bonchev–Trinajstić information content (AvgIpc) is 2.97. The Kier molecular flexibility index (Phi) is 4.38. The van der Waals surface area contributed by atoms with Gasteiger partial charge in [-0.3, -0.25) is 14.9 Å². The Labute approximate surface area is 122 Å². The van der Waals surface area contributed by atoms with Crippen LogP contribution in [0.2, 0.25) is 0 Å². The van der Waals surface area contributed by atoms with Gasteiger partial charge in [0, 0.05) is 17.8 Å². The SMILES string of the molecule is N#Cc1cc(N(CC(N)=O)C2CCCC2)ccc1[N+](=O)[O-]. The molecule has 1 fully saturated rings. The minimum absolute atomic E-state index is 0.00929. The van der Waals surface area contributed by atoms with E-state index in [0.717, 1.165) is 25.7 Å². The molecule has 0 atom stereocenters. The quantitative estimate of drug-likeness (QED) is 0.654. The van der Waals surface area contributed by atoms with Crippen LogP contribution in [-0.2, 0) is 4.79 Å². The van der Waals surface area contributed by atoms with Crippen LogP contribution in [0.15, 0.2) is 18.2 Å². The molecule has 21 heavy (non-hydrogen) atoms. The summed E-state index contributed by atoms with van der Waals surface area (Å²) < 4.78 is 0. The third-order valence-electron chi connectivity index (χ3n) is 3.72. The number of hydrogen-bond donors (Lipinski definition) is 1. The average molecular weight is 288 g/mol. The van der Waals surface area contributed by atoms with Crippen LogP contribution in [-0.4, -0.2) is 23.4 Å². The summed E-state index contributed by atoms with van der Waals surface area (Å²) in [6.07, 6.45) is 4.06. The third kappa shape index (κ3) is 3.28. The highest BCUT2D eigenvalue weighted by Crippen LogP contribution is 2.30. The van der Waals surface area contributed by atoms with E-state index in [9.17, 15) is 14.9 Å². The highest BCUT2D eigenvalue weighted by molar-refractivity contribution is 5.80. The summed E-state index contributed by atoms with van der Waals surface area (Å²) in [7, 11) is 0. The van der Waals surface area contributed by atoms with Crippen molar-refractivity contribution < 1.29 is 9.72 Å². The normalized spacial score (nSPS) is 14.6. The Morgan fingerprint density at radius 1 is 1.48 bits per heavy atom. The summed E-state index contributed by atoms with van der Waals surface area (Å²) in [5.74, 6) is -0.459. The first kappa shape index (κ1) is 14.8. The van der Waals surface area contributed by atoms with Crippen LogP contribution in [0.5, 0.6) is 0 Å². The maximum atomic E-state index is 11.3. The van der Waals surface area contributed by atoms with Crippen molar-refractivity contribution in [2.24, 2.45) is 5.73 Å². The van der Waals surface area contributed by atoms with E-state index in [1.165, 1.54) is 12.1 Å². The number of benzene rings is 1. The van der Waals surface area contributed by atoms with Crippen LogP contribution in [0.4, 0.5) is 11.4 Å². The number of nitro groups is 1. The number of primary amides is 1. The monoisotopic (exact) mass is 288 g/mol. The number of nitriles is 1. The van der Waals surface area contributed by atoms with Crippen molar-refractivity contribution >= 4 is 17.3 Å². The van der Waals surface area contributed by atoms with E-state index in [0.29, 0.717) is 5.69 Å². The molecule has 1 saturated carbocycles. The number of carbonyl (C=O) groups excluding carboxylic acids is 1. The Morgan fingerprint density at radius 2 is 2.14 bits per heavy atom. The zero-order valence-corrected chi connectivity index (χ0v) is 11.5. The summed E-state index contributed by atoms with van der Waals surface area (Å²) in [6.45, 7) is 0.0490. The third-order valence-corrected chi connectivity index (χ3v) is 3.72. The van der Waals surface area contributed by atoms with Gasteiger partial charge in [-0.15, -0.1) is 0 Å².